The van der Waals surface area contributed by atoms with E-state index < -0.39 is 0 Å². The molecular weight excluding hydrogens is 230 g/mol. The van der Waals surface area contributed by atoms with Gasteiger partial charge in [-0.05, 0) is 26.8 Å². The van der Waals surface area contributed by atoms with Gasteiger partial charge in [-0.25, -0.2) is 0 Å². The minimum absolute atomic E-state index is 0.0415. The van der Waals surface area contributed by atoms with E-state index in [2.05, 4.69) is 10.2 Å². The summed E-state index contributed by atoms with van der Waals surface area (Å²) in [5, 5.41) is 2.92. The Balaban J connectivity index is 2.34. The van der Waals surface area contributed by atoms with Gasteiger partial charge in [0.2, 0.25) is 5.91 Å². The molecule has 5 nitrogen and oxygen atoms in total. The van der Waals surface area contributed by atoms with E-state index in [1.807, 2.05) is 14.0 Å². The maximum atomic E-state index is 11.8. The Kier molecular flexibility index (Phi) is 6.60. The lowest BCUT2D eigenvalue weighted by Gasteiger charge is -2.35. The number of likely N-dealkylation sites (N-methyl/N-ethyl adjacent to an activating group) is 1. The van der Waals surface area contributed by atoms with Crippen molar-refractivity contribution in [2.24, 2.45) is 5.73 Å². The molecule has 0 aromatic carbocycles. The highest BCUT2D eigenvalue weighted by atomic mass is 16.5. The maximum Gasteiger partial charge on any atom is 0.234 e. The first-order chi connectivity index (χ1) is 8.54. The van der Waals surface area contributed by atoms with Gasteiger partial charge in [0, 0.05) is 25.2 Å². The molecule has 1 fully saturated rings. The molecule has 0 bridgehead atoms. The molecule has 0 heterocycles. The average molecular weight is 257 g/mol. The van der Waals surface area contributed by atoms with Gasteiger partial charge in [-0.15, -0.1) is 0 Å². The van der Waals surface area contributed by atoms with Crippen molar-refractivity contribution >= 4 is 5.91 Å². The molecule has 0 saturated heterocycles. The second-order valence-corrected chi connectivity index (χ2v) is 5.35. The Morgan fingerprint density at radius 3 is 2.78 bits per heavy atom. The third-order valence-corrected chi connectivity index (χ3v) is 3.56. The van der Waals surface area contributed by atoms with Crippen molar-refractivity contribution in [2.75, 3.05) is 27.3 Å². The Morgan fingerprint density at radius 1 is 1.50 bits per heavy atom. The number of carbonyl (C=O) groups excluding carboxylic acids is 1. The Morgan fingerprint density at radius 2 is 2.17 bits per heavy atom. The summed E-state index contributed by atoms with van der Waals surface area (Å²) in [6.07, 6.45) is 4.59. The van der Waals surface area contributed by atoms with E-state index in [-0.39, 0.29) is 18.0 Å². The highest BCUT2D eigenvalue weighted by Gasteiger charge is 2.26. The second kappa shape index (κ2) is 7.71. The fourth-order valence-corrected chi connectivity index (χ4v) is 2.64. The first-order valence-corrected chi connectivity index (χ1v) is 6.78. The van der Waals surface area contributed by atoms with Gasteiger partial charge >= 0.3 is 0 Å². The van der Waals surface area contributed by atoms with Crippen LogP contribution in [0.1, 0.15) is 32.6 Å². The molecule has 1 aliphatic rings. The highest BCUT2D eigenvalue weighted by molar-refractivity contribution is 5.78. The molecule has 0 aromatic heterocycles. The Bertz CT molecular complexity index is 261. The van der Waals surface area contributed by atoms with Crippen molar-refractivity contribution in [3.05, 3.63) is 0 Å². The van der Waals surface area contributed by atoms with Crippen molar-refractivity contribution in [3.8, 4) is 0 Å². The number of nitrogens with zero attached hydrogens (tertiary/aromatic N) is 1. The molecular formula is C13H27N3O2. The van der Waals surface area contributed by atoms with E-state index in [0.717, 1.165) is 12.8 Å². The largest absolute Gasteiger partial charge is 0.383 e. The zero-order valence-electron chi connectivity index (χ0n) is 11.8. The molecule has 0 aromatic rings. The van der Waals surface area contributed by atoms with Gasteiger partial charge < -0.3 is 15.8 Å². The number of nitrogens with one attached hydrogen (secondary N) is 1. The standard InChI is InChI=1S/C13H27N3O2/c1-10(9-18-3)15-13(17)8-16(2)12-7-5-4-6-11(12)14/h10-12H,4-9,14H2,1-3H3,(H,15,17). The molecule has 0 aliphatic heterocycles. The first kappa shape index (κ1) is 15.4. The van der Waals surface area contributed by atoms with Gasteiger partial charge in [-0.2, -0.15) is 0 Å². The fraction of sp³-hybridized carbons (Fsp3) is 0.923. The number of ether oxygens (including phenoxy) is 1. The summed E-state index contributed by atoms with van der Waals surface area (Å²) >= 11 is 0. The molecule has 3 unspecified atom stereocenters. The molecule has 5 heteroatoms. The lowest BCUT2D eigenvalue weighted by atomic mass is 9.90. The Labute approximate surface area is 110 Å². The third kappa shape index (κ3) is 4.92. The summed E-state index contributed by atoms with van der Waals surface area (Å²) in [6.45, 7) is 2.89. The summed E-state index contributed by atoms with van der Waals surface area (Å²) < 4.78 is 4.99. The smallest absolute Gasteiger partial charge is 0.234 e. The number of nitrogens with two attached hydrogens (primary N) is 1. The topological polar surface area (TPSA) is 67.6 Å². The molecule has 0 radical (unpaired) electrons. The van der Waals surface area contributed by atoms with Crippen LogP contribution in [0.25, 0.3) is 0 Å². The predicted octanol–water partition coefficient (Wildman–Crippen LogP) is 0.339. The molecule has 1 rings (SSSR count). The molecule has 1 aliphatic carbocycles. The minimum atomic E-state index is 0.0415. The van der Waals surface area contributed by atoms with Crippen LogP contribution in [0.4, 0.5) is 0 Å². The third-order valence-electron chi connectivity index (χ3n) is 3.56. The van der Waals surface area contributed by atoms with Crippen LogP contribution in [0.5, 0.6) is 0 Å². The lowest BCUT2D eigenvalue weighted by Crippen LogP contribution is -2.51. The van der Waals surface area contributed by atoms with E-state index in [0.29, 0.717) is 19.2 Å². The quantitative estimate of drug-likeness (QED) is 0.720. The minimum Gasteiger partial charge on any atom is -0.383 e. The summed E-state index contributed by atoms with van der Waals surface area (Å²) in [4.78, 5) is 13.9. The fourth-order valence-electron chi connectivity index (χ4n) is 2.64. The second-order valence-electron chi connectivity index (χ2n) is 5.35. The number of hydrogen-bond acceptors (Lipinski definition) is 4. The van der Waals surface area contributed by atoms with E-state index in [1.54, 1.807) is 7.11 Å². The average Bonchev–Trinajstić information content (AvgIpc) is 2.29. The number of hydrogen-bond donors (Lipinski definition) is 2. The van der Waals surface area contributed by atoms with Gasteiger partial charge in [0.25, 0.3) is 0 Å². The molecule has 3 atom stereocenters. The van der Waals surface area contributed by atoms with Gasteiger partial charge in [-0.1, -0.05) is 12.8 Å². The predicted molar refractivity (Wildman–Crippen MR) is 72.3 cm³/mol. The van der Waals surface area contributed by atoms with E-state index in [4.69, 9.17) is 10.5 Å². The van der Waals surface area contributed by atoms with Gasteiger partial charge in [0.05, 0.1) is 13.2 Å². The summed E-state index contributed by atoms with van der Waals surface area (Å²) in [7, 11) is 3.62. The zero-order valence-corrected chi connectivity index (χ0v) is 11.8. The van der Waals surface area contributed by atoms with Gasteiger partial charge in [0.15, 0.2) is 0 Å². The molecule has 1 amide bonds. The Hall–Kier alpha value is -0.650. The summed E-state index contributed by atoms with van der Waals surface area (Å²) in [5.41, 5.74) is 6.11. The maximum absolute atomic E-state index is 11.8. The first-order valence-electron chi connectivity index (χ1n) is 6.78. The van der Waals surface area contributed by atoms with Crippen molar-refractivity contribution in [1.29, 1.82) is 0 Å². The number of carbonyl (C=O) groups is 1. The SMILES string of the molecule is COCC(C)NC(=O)CN(C)C1CCCCC1N. The van der Waals surface area contributed by atoms with Gasteiger partial charge in [-0.3, -0.25) is 9.69 Å². The van der Waals surface area contributed by atoms with E-state index in [9.17, 15) is 4.79 Å². The van der Waals surface area contributed by atoms with Gasteiger partial charge in [0.1, 0.15) is 0 Å². The summed E-state index contributed by atoms with van der Waals surface area (Å²) in [6, 6.07) is 0.589. The highest BCUT2D eigenvalue weighted by Crippen LogP contribution is 2.20. The number of rotatable bonds is 6. The molecule has 3 N–H and O–H groups in total. The molecule has 1 saturated carbocycles. The zero-order chi connectivity index (χ0) is 13.5. The van der Waals surface area contributed by atoms with Crippen LogP contribution < -0.4 is 11.1 Å². The summed E-state index contributed by atoms with van der Waals surface area (Å²) in [5.74, 6) is 0.0415. The van der Waals surface area contributed by atoms with Crippen LogP contribution >= 0.6 is 0 Å². The van der Waals surface area contributed by atoms with Crippen LogP contribution in [0.15, 0.2) is 0 Å². The normalized spacial score (nSPS) is 26.1. The van der Waals surface area contributed by atoms with Crippen molar-refractivity contribution in [1.82, 2.24) is 10.2 Å². The van der Waals surface area contributed by atoms with Crippen molar-refractivity contribution in [3.63, 3.8) is 0 Å². The van der Waals surface area contributed by atoms with E-state index in [1.165, 1.54) is 12.8 Å². The van der Waals surface area contributed by atoms with Crippen LogP contribution in [0.2, 0.25) is 0 Å². The number of methoxy groups -OCH3 is 1. The van der Waals surface area contributed by atoms with E-state index >= 15 is 0 Å². The van der Waals surface area contributed by atoms with Crippen LogP contribution in [0.3, 0.4) is 0 Å². The molecule has 0 spiro atoms. The van der Waals surface area contributed by atoms with Crippen molar-refractivity contribution < 1.29 is 9.53 Å². The lowest BCUT2D eigenvalue weighted by molar-refractivity contribution is -0.123. The monoisotopic (exact) mass is 257 g/mol. The van der Waals surface area contributed by atoms with Crippen LogP contribution in [-0.2, 0) is 9.53 Å². The van der Waals surface area contributed by atoms with Crippen molar-refractivity contribution in [2.45, 2.75) is 50.7 Å². The van der Waals surface area contributed by atoms with Crippen LogP contribution in [0, 0.1) is 0 Å². The number of amides is 1. The molecule has 106 valence electrons. The van der Waals surface area contributed by atoms with Crippen LogP contribution in [-0.4, -0.2) is 56.2 Å². The molecule has 18 heavy (non-hydrogen) atoms.